The van der Waals surface area contributed by atoms with E-state index in [0.717, 1.165) is 0 Å². The third kappa shape index (κ3) is 2.97. The molecule has 2 heteroatoms. The Hall–Kier alpha value is -2.16. The first-order valence-electron chi connectivity index (χ1n) is 7.19. The van der Waals surface area contributed by atoms with Crippen LogP contribution in [0.1, 0.15) is 17.5 Å². The van der Waals surface area contributed by atoms with E-state index in [0.29, 0.717) is 6.42 Å². The Balaban J connectivity index is 2.06. The van der Waals surface area contributed by atoms with E-state index in [1.165, 1.54) is 27.8 Å². The van der Waals surface area contributed by atoms with Crippen LogP contribution in [0.25, 0.3) is 16.7 Å². The average Bonchev–Trinajstić information content (AvgIpc) is 2.47. The van der Waals surface area contributed by atoms with Gasteiger partial charge in [-0.2, -0.15) is 0 Å². The standard InChI is InChI=1S/C19H20N2/c1-14-5-4-6-16(13-14)18-8-3-2-7-17(18)15-9-11-19(20,21)12-10-15/h2-11,13H,12,20-21H2,1H3. The highest BCUT2D eigenvalue weighted by Gasteiger charge is 2.18. The molecule has 21 heavy (non-hydrogen) atoms. The Bertz CT molecular complexity index is 724. The quantitative estimate of drug-likeness (QED) is 0.823. The van der Waals surface area contributed by atoms with Crippen molar-refractivity contribution >= 4 is 5.57 Å². The lowest BCUT2D eigenvalue weighted by Crippen LogP contribution is -2.47. The van der Waals surface area contributed by atoms with Crippen LogP contribution in [0, 0.1) is 6.92 Å². The van der Waals surface area contributed by atoms with Gasteiger partial charge in [-0.15, -0.1) is 0 Å². The van der Waals surface area contributed by atoms with Crippen molar-refractivity contribution in [3.63, 3.8) is 0 Å². The van der Waals surface area contributed by atoms with E-state index in [4.69, 9.17) is 11.5 Å². The minimum atomic E-state index is -0.720. The molecule has 106 valence electrons. The Labute approximate surface area is 125 Å². The van der Waals surface area contributed by atoms with E-state index in [9.17, 15) is 0 Å². The second-order valence-electron chi connectivity index (χ2n) is 5.72. The van der Waals surface area contributed by atoms with Gasteiger partial charge in [0.25, 0.3) is 0 Å². The molecule has 3 rings (SSSR count). The molecule has 1 aliphatic carbocycles. The zero-order valence-electron chi connectivity index (χ0n) is 12.2. The SMILES string of the molecule is Cc1cccc(-c2ccccc2C2=CCC(N)(N)C=C2)c1. The molecule has 0 spiro atoms. The number of hydrogen-bond donors (Lipinski definition) is 2. The summed E-state index contributed by atoms with van der Waals surface area (Å²) in [5, 5.41) is 0. The molecule has 0 unspecified atom stereocenters. The van der Waals surface area contributed by atoms with Crippen LogP contribution in [0.15, 0.2) is 66.8 Å². The largest absolute Gasteiger partial charge is 0.310 e. The Kier molecular flexibility index (Phi) is 3.50. The zero-order chi connectivity index (χ0) is 14.9. The third-order valence-corrected chi connectivity index (χ3v) is 3.82. The lowest BCUT2D eigenvalue weighted by molar-refractivity contribution is 0.559. The van der Waals surface area contributed by atoms with E-state index in [2.05, 4.69) is 61.5 Å². The molecular weight excluding hydrogens is 256 g/mol. The summed E-state index contributed by atoms with van der Waals surface area (Å²) in [4.78, 5) is 0. The first-order chi connectivity index (χ1) is 10.1. The summed E-state index contributed by atoms with van der Waals surface area (Å²) in [6.07, 6.45) is 6.68. The molecule has 0 radical (unpaired) electrons. The summed E-state index contributed by atoms with van der Waals surface area (Å²) in [5.41, 5.74) is 17.3. The predicted molar refractivity (Wildman–Crippen MR) is 89.5 cm³/mol. The zero-order valence-corrected chi connectivity index (χ0v) is 12.2. The van der Waals surface area contributed by atoms with E-state index in [1.807, 2.05) is 12.2 Å². The van der Waals surface area contributed by atoms with Crippen molar-refractivity contribution in [1.29, 1.82) is 0 Å². The van der Waals surface area contributed by atoms with Crippen LogP contribution in [0.4, 0.5) is 0 Å². The Morgan fingerprint density at radius 1 is 0.952 bits per heavy atom. The fourth-order valence-electron chi connectivity index (χ4n) is 2.67. The smallest absolute Gasteiger partial charge is 0.0867 e. The molecule has 0 atom stereocenters. The molecule has 4 N–H and O–H groups in total. The molecule has 1 aliphatic rings. The first kappa shape index (κ1) is 13.8. The minimum Gasteiger partial charge on any atom is -0.310 e. The van der Waals surface area contributed by atoms with E-state index in [-0.39, 0.29) is 0 Å². The van der Waals surface area contributed by atoms with Gasteiger partial charge in [0.2, 0.25) is 0 Å². The third-order valence-electron chi connectivity index (χ3n) is 3.82. The van der Waals surface area contributed by atoms with E-state index >= 15 is 0 Å². The van der Waals surface area contributed by atoms with Crippen LogP contribution < -0.4 is 11.5 Å². The van der Waals surface area contributed by atoms with Gasteiger partial charge in [-0.1, -0.05) is 66.2 Å². The maximum Gasteiger partial charge on any atom is 0.0867 e. The predicted octanol–water partition coefficient (Wildman–Crippen LogP) is 3.62. The molecule has 0 aliphatic heterocycles. The normalized spacial score (nSPS) is 16.6. The number of rotatable bonds is 2. The summed E-state index contributed by atoms with van der Waals surface area (Å²) < 4.78 is 0. The van der Waals surface area contributed by atoms with Gasteiger partial charge < -0.3 is 11.5 Å². The van der Waals surface area contributed by atoms with Gasteiger partial charge in [-0.05, 0) is 35.3 Å². The van der Waals surface area contributed by atoms with Gasteiger partial charge >= 0.3 is 0 Å². The second kappa shape index (κ2) is 5.32. The van der Waals surface area contributed by atoms with Crippen LogP contribution in [-0.2, 0) is 0 Å². The van der Waals surface area contributed by atoms with Crippen LogP contribution >= 0.6 is 0 Å². The highest BCUT2D eigenvalue weighted by Crippen LogP contribution is 2.32. The summed E-state index contributed by atoms with van der Waals surface area (Å²) in [7, 11) is 0. The molecule has 2 aromatic carbocycles. The maximum absolute atomic E-state index is 5.93. The first-order valence-corrected chi connectivity index (χ1v) is 7.19. The van der Waals surface area contributed by atoms with Gasteiger partial charge in [-0.3, -0.25) is 0 Å². The van der Waals surface area contributed by atoms with Crippen molar-refractivity contribution in [3.05, 3.63) is 77.9 Å². The van der Waals surface area contributed by atoms with Crippen LogP contribution in [0.5, 0.6) is 0 Å². The molecule has 2 aromatic rings. The molecule has 0 fully saturated rings. The molecule has 0 saturated heterocycles. The van der Waals surface area contributed by atoms with Gasteiger partial charge in [-0.25, -0.2) is 0 Å². The number of allylic oxidation sites excluding steroid dienone is 2. The van der Waals surface area contributed by atoms with Crippen LogP contribution in [0.2, 0.25) is 0 Å². The van der Waals surface area contributed by atoms with Crippen molar-refractivity contribution < 1.29 is 0 Å². The molecule has 0 amide bonds. The lowest BCUT2D eigenvalue weighted by Gasteiger charge is -2.23. The van der Waals surface area contributed by atoms with Crippen molar-refractivity contribution in [3.8, 4) is 11.1 Å². The second-order valence-corrected chi connectivity index (χ2v) is 5.72. The van der Waals surface area contributed by atoms with Crippen molar-refractivity contribution in [1.82, 2.24) is 0 Å². The van der Waals surface area contributed by atoms with Crippen molar-refractivity contribution in [2.75, 3.05) is 0 Å². The molecule has 0 bridgehead atoms. The summed E-state index contributed by atoms with van der Waals surface area (Å²) in [6, 6.07) is 17.0. The van der Waals surface area contributed by atoms with Gasteiger partial charge in [0.1, 0.15) is 0 Å². The molecule has 0 heterocycles. The molecule has 0 aromatic heterocycles. The van der Waals surface area contributed by atoms with Crippen LogP contribution in [-0.4, -0.2) is 5.66 Å². The van der Waals surface area contributed by atoms with Crippen molar-refractivity contribution in [2.24, 2.45) is 11.5 Å². The molecule has 2 nitrogen and oxygen atoms in total. The van der Waals surface area contributed by atoms with Gasteiger partial charge in [0.15, 0.2) is 0 Å². The highest BCUT2D eigenvalue weighted by atomic mass is 14.9. The number of hydrogen-bond acceptors (Lipinski definition) is 2. The highest BCUT2D eigenvalue weighted by molar-refractivity contribution is 5.86. The minimum absolute atomic E-state index is 0.654. The number of benzene rings is 2. The fourth-order valence-corrected chi connectivity index (χ4v) is 2.67. The van der Waals surface area contributed by atoms with Crippen LogP contribution in [0.3, 0.4) is 0 Å². The molecule has 0 saturated carbocycles. The van der Waals surface area contributed by atoms with Crippen molar-refractivity contribution in [2.45, 2.75) is 19.0 Å². The number of nitrogens with two attached hydrogens (primary N) is 2. The lowest BCUT2D eigenvalue weighted by atomic mass is 9.89. The Morgan fingerprint density at radius 2 is 1.71 bits per heavy atom. The maximum atomic E-state index is 5.93. The fraction of sp³-hybridized carbons (Fsp3) is 0.158. The summed E-state index contributed by atoms with van der Waals surface area (Å²) in [5.74, 6) is 0. The monoisotopic (exact) mass is 276 g/mol. The average molecular weight is 276 g/mol. The van der Waals surface area contributed by atoms with Gasteiger partial charge in [0, 0.05) is 6.42 Å². The summed E-state index contributed by atoms with van der Waals surface area (Å²) in [6.45, 7) is 2.11. The van der Waals surface area contributed by atoms with E-state index in [1.54, 1.807) is 0 Å². The topological polar surface area (TPSA) is 52.0 Å². The van der Waals surface area contributed by atoms with E-state index < -0.39 is 5.66 Å². The Morgan fingerprint density at radius 3 is 2.38 bits per heavy atom. The summed E-state index contributed by atoms with van der Waals surface area (Å²) >= 11 is 0. The van der Waals surface area contributed by atoms with Gasteiger partial charge in [0.05, 0.1) is 5.66 Å². The molecular formula is C19H20N2. The number of aryl methyl sites for hydroxylation is 1.